The topological polar surface area (TPSA) is 77.0 Å². The number of ether oxygens (including phenoxy) is 1. The van der Waals surface area contributed by atoms with Gasteiger partial charge >= 0.3 is 5.97 Å². The first-order valence-electron chi connectivity index (χ1n) is 6.34. The van der Waals surface area contributed by atoms with Crippen LogP contribution in [-0.2, 0) is 9.53 Å². The molecule has 0 aliphatic carbocycles. The number of nitrogens with zero attached hydrogens (tertiary/aromatic N) is 3. The average Bonchev–Trinajstić information content (AvgIpc) is 2.42. The van der Waals surface area contributed by atoms with Crippen molar-refractivity contribution in [2.75, 3.05) is 12.4 Å². The number of carbonyl (C=O) groups is 1. The van der Waals surface area contributed by atoms with Crippen molar-refractivity contribution in [3.63, 3.8) is 0 Å². The van der Waals surface area contributed by atoms with Crippen LogP contribution in [0.2, 0.25) is 0 Å². The molecule has 6 nitrogen and oxygen atoms in total. The molecule has 0 aliphatic heterocycles. The Balaban J connectivity index is 2.31. The first-order valence-corrected chi connectivity index (χ1v) is 6.34. The molecule has 1 atom stereocenters. The summed E-state index contributed by atoms with van der Waals surface area (Å²) in [6, 6.07) is 3.10. The summed E-state index contributed by atoms with van der Waals surface area (Å²) in [4.78, 5) is 24.5. The minimum absolute atomic E-state index is 0.300. The number of pyridine rings is 1. The van der Waals surface area contributed by atoms with Gasteiger partial charge in [0.2, 0.25) is 0 Å². The molecular formula is C14H18N4O2. The minimum Gasteiger partial charge on any atom is -0.467 e. The summed E-state index contributed by atoms with van der Waals surface area (Å²) < 4.78 is 4.84. The molecule has 0 amide bonds. The fourth-order valence-electron chi connectivity index (χ4n) is 1.83. The maximum Gasteiger partial charge on any atom is 0.328 e. The van der Waals surface area contributed by atoms with E-state index in [4.69, 9.17) is 4.74 Å². The Hall–Kier alpha value is -2.24. The number of hydrogen-bond donors (Lipinski definition) is 1. The Bertz CT molecular complexity index is 622. The van der Waals surface area contributed by atoms with Gasteiger partial charge in [0.15, 0.2) is 5.65 Å². The monoisotopic (exact) mass is 274 g/mol. The molecule has 20 heavy (non-hydrogen) atoms. The molecule has 2 heterocycles. The Morgan fingerprint density at radius 3 is 2.60 bits per heavy atom. The third-order valence-corrected chi connectivity index (χ3v) is 2.93. The molecule has 0 fully saturated rings. The number of hydrogen-bond acceptors (Lipinski definition) is 6. The predicted octanol–water partition coefficient (Wildman–Crippen LogP) is 2.02. The third kappa shape index (κ3) is 3.01. The van der Waals surface area contributed by atoms with E-state index in [-0.39, 0.29) is 11.4 Å². The summed E-state index contributed by atoms with van der Waals surface area (Å²) in [6.07, 6.45) is 3.20. The van der Waals surface area contributed by atoms with Crippen LogP contribution in [0.3, 0.4) is 0 Å². The number of anilines is 1. The number of aromatic nitrogens is 3. The SMILES string of the molecule is COC(=O)[C@H](Nc1ccc2nccnc2n1)C(C)(C)C. The van der Waals surface area contributed by atoms with Crippen molar-refractivity contribution in [3.8, 4) is 0 Å². The second-order valence-electron chi connectivity index (χ2n) is 5.56. The number of fused-ring (bicyclic) bond motifs is 1. The molecular weight excluding hydrogens is 256 g/mol. The average molecular weight is 274 g/mol. The number of carbonyl (C=O) groups excluding carboxylic acids is 1. The molecule has 0 unspecified atom stereocenters. The van der Waals surface area contributed by atoms with Crippen LogP contribution in [0.15, 0.2) is 24.5 Å². The van der Waals surface area contributed by atoms with Crippen molar-refractivity contribution in [1.82, 2.24) is 15.0 Å². The lowest BCUT2D eigenvalue weighted by Gasteiger charge is -2.29. The molecule has 0 spiro atoms. The van der Waals surface area contributed by atoms with E-state index in [1.165, 1.54) is 7.11 Å². The zero-order valence-electron chi connectivity index (χ0n) is 12.0. The molecule has 0 radical (unpaired) electrons. The normalized spacial score (nSPS) is 13.0. The van der Waals surface area contributed by atoms with E-state index in [1.54, 1.807) is 18.5 Å². The van der Waals surface area contributed by atoms with E-state index < -0.39 is 6.04 Å². The van der Waals surface area contributed by atoms with Crippen molar-refractivity contribution in [1.29, 1.82) is 0 Å². The van der Waals surface area contributed by atoms with Crippen LogP contribution in [0.4, 0.5) is 5.82 Å². The smallest absolute Gasteiger partial charge is 0.328 e. The highest BCUT2D eigenvalue weighted by Crippen LogP contribution is 2.24. The maximum absolute atomic E-state index is 11.9. The van der Waals surface area contributed by atoms with Gasteiger partial charge < -0.3 is 10.1 Å². The highest BCUT2D eigenvalue weighted by Gasteiger charge is 2.32. The van der Waals surface area contributed by atoms with E-state index in [1.807, 2.05) is 26.8 Å². The Labute approximate surface area is 117 Å². The molecule has 2 aromatic rings. The van der Waals surface area contributed by atoms with Gasteiger partial charge in [-0.1, -0.05) is 20.8 Å². The van der Waals surface area contributed by atoms with Gasteiger partial charge in [-0.05, 0) is 17.5 Å². The van der Waals surface area contributed by atoms with E-state index >= 15 is 0 Å². The molecule has 2 rings (SSSR count). The van der Waals surface area contributed by atoms with Crippen LogP contribution in [0, 0.1) is 5.41 Å². The van der Waals surface area contributed by atoms with Gasteiger partial charge in [0.1, 0.15) is 17.4 Å². The number of esters is 1. The van der Waals surface area contributed by atoms with E-state index in [0.29, 0.717) is 17.0 Å². The molecule has 2 aromatic heterocycles. The van der Waals surface area contributed by atoms with Gasteiger partial charge in [-0.25, -0.2) is 14.8 Å². The van der Waals surface area contributed by atoms with Crippen LogP contribution >= 0.6 is 0 Å². The molecule has 0 saturated carbocycles. The van der Waals surface area contributed by atoms with Crippen molar-refractivity contribution in [3.05, 3.63) is 24.5 Å². The fraction of sp³-hybridized carbons (Fsp3) is 0.429. The quantitative estimate of drug-likeness (QED) is 0.863. The molecule has 0 saturated heterocycles. The Morgan fingerprint density at radius 1 is 1.25 bits per heavy atom. The van der Waals surface area contributed by atoms with Crippen molar-refractivity contribution in [2.24, 2.45) is 5.41 Å². The lowest BCUT2D eigenvalue weighted by Crippen LogP contribution is -2.42. The van der Waals surface area contributed by atoms with Crippen molar-refractivity contribution < 1.29 is 9.53 Å². The highest BCUT2D eigenvalue weighted by atomic mass is 16.5. The summed E-state index contributed by atoms with van der Waals surface area (Å²) in [5, 5.41) is 3.11. The first-order chi connectivity index (χ1) is 9.41. The molecule has 0 aliphatic rings. The summed E-state index contributed by atoms with van der Waals surface area (Å²) >= 11 is 0. The second-order valence-corrected chi connectivity index (χ2v) is 5.56. The Morgan fingerprint density at radius 2 is 1.95 bits per heavy atom. The van der Waals surface area contributed by atoms with Crippen LogP contribution in [0.1, 0.15) is 20.8 Å². The highest BCUT2D eigenvalue weighted by molar-refractivity contribution is 5.80. The predicted molar refractivity (Wildman–Crippen MR) is 76.2 cm³/mol. The van der Waals surface area contributed by atoms with E-state index in [2.05, 4.69) is 20.3 Å². The first kappa shape index (κ1) is 14.2. The van der Waals surface area contributed by atoms with Gasteiger partial charge in [0, 0.05) is 12.4 Å². The maximum atomic E-state index is 11.9. The zero-order valence-corrected chi connectivity index (χ0v) is 12.0. The van der Waals surface area contributed by atoms with E-state index in [9.17, 15) is 4.79 Å². The van der Waals surface area contributed by atoms with Gasteiger partial charge in [-0.15, -0.1) is 0 Å². The third-order valence-electron chi connectivity index (χ3n) is 2.93. The van der Waals surface area contributed by atoms with Crippen LogP contribution in [-0.4, -0.2) is 34.1 Å². The minimum atomic E-state index is -0.492. The van der Waals surface area contributed by atoms with E-state index in [0.717, 1.165) is 0 Å². The second kappa shape index (κ2) is 5.40. The molecule has 0 aromatic carbocycles. The van der Waals surface area contributed by atoms with Crippen LogP contribution < -0.4 is 5.32 Å². The van der Waals surface area contributed by atoms with Gasteiger partial charge in [-0.2, -0.15) is 0 Å². The lowest BCUT2D eigenvalue weighted by atomic mass is 9.87. The summed E-state index contributed by atoms with van der Waals surface area (Å²) in [7, 11) is 1.38. The van der Waals surface area contributed by atoms with Crippen LogP contribution in [0.5, 0.6) is 0 Å². The summed E-state index contributed by atoms with van der Waals surface area (Å²) in [5.41, 5.74) is 0.949. The molecule has 106 valence electrons. The van der Waals surface area contributed by atoms with Crippen LogP contribution in [0.25, 0.3) is 11.2 Å². The lowest BCUT2D eigenvalue weighted by molar-refractivity contribution is -0.143. The summed E-state index contributed by atoms with van der Waals surface area (Å²) in [6.45, 7) is 5.88. The number of nitrogens with one attached hydrogen (secondary N) is 1. The van der Waals surface area contributed by atoms with Gasteiger partial charge in [0.05, 0.1) is 7.11 Å². The zero-order chi connectivity index (χ0) is 14.8. The molecule has 1 N–H and O–H groups in total. The van der Waals surface area contributed by atoms with Gasteiger partial charge in [-0.3, -0.25) is 4.98 Å². The molecule has 0 bridgehead atoms. The van der Waals surface area contributed by atoms with Crippen molar-refractivity contribution >= 4 is 23.0 Å². The van der Waals surface area contributed by atoms with Crippen molar-refractivity contribution in [2.45, 2.75) is 26.8 Å². The largest absolute Gasteiger partial charge is 0.467 e. The molecule has 6 heteroatoms. The fourth-order valence-corrected chi connectivity index (χ4v) is 1.83. The summed E-state index contributed by atoms with van der Waals surface area (Å²) in [5.74, 6) is 0.252. The Kier molecular flexibility index (Phi) is 3.83. The number of rotatable bonds is 3. The standard InChI is InChI=1S/C14H18N4O2/c1-14(2,3)11(13(19)20-4)17-10-6-5-9-12(18-10)16-8-7-15-9/h5-8,11H,1-4H3,(H,16,17,18)/t11-/m0/s1. The van der Waals surface area contributed by atoms with Gasteiger partial charge in [0.25, 0.3) is 0 Å². The number of methoxy groups -OCH3 is 1.